The number of nitrogens with zero attached hydrogens (tertiary/aromatic N) is 2. The second-order valence-corrected chi connectivity index (χ2v) is 9.02. The van der Waals surface area contributed by atoms with Gasteiger partial charge in [-0.05, 0) is 43.1 Å². The van der Waals surface area contributed by atoms with E-state index in [1.54, 1.807) is 22.2 Å². The van der Waals surface area contributed by atoms with Crippen LogP contribution >= 0.6 is 11.3 Å². The van der Waals surface area contributed by atoms with Gasteiger partial charge in [-0.2, -0.15) is 0 Å². The van der Waals surface area contributed by atoms with Crippen molar-refractivity contribution < 1.29 is 4.79 Å². The van der Waals surface area contributed by atoms with Gasteiger partial charge in [-0.1, -0.05) is 20.8 Å². The molecule has 1 amide bonds. The molecule has 3 rings (SSSR count). The SMILES string of the molecule is CCNC(=O)CCn1cnc2sc3c(c2c1=O)CCC(C(C)(C)C)C3. The van der Waals surface area contributed by atoms with E-state index in [1.807, 2.05) is 6.92 Å². The van der Waals surface area contributed by atoms with Gasteiger partial charge in [0.25, 0.3) is 5.56 Å². The van der Waals surface area contributed by atoms with Crippen LogP contribution in [0, 0.1) is 11.3 Å². The van der Waals surface area contributed by atoms with Crippen LogP contribution in [-0.2, 0) is 24.2 Å². The summed E-state index contributed by atoms with van der Waals surface area (Å²) in [6, 6.07) is 0. The monoisotopic (exact) mass is 361 g/mol. The van der Waals surface area contributed by atoms with E-state index in [2.05, 4.69) is 31.1 Å². The Morgan fingerprint density at radius 1 is 1.44 bits per heavy atom. The van der Waals surface area contributed by atoms with E-state index in [0.717, 1.165) is 29.5 Å². The van der Waals surface area contributed by atoms with Crippen LogP contribution in [0.25, 0.3) is 10.2 Å². The number of hydrogen-bond donors (Lipinski definition) is 1. The quantitative estimate of drug-likeness (QED) is 0.910. The molecule has 0 saturated heterocycles. The van der Waals surface area contributed by atoms with Crippen LogP contribution in [0.1, 0.15) is 51.0 Å². The number of hydrogen-bond acceptors (Lipinski definition) is 4. The molecule has 0 radical (unpaired) electrons. The molecule has 1 N–H and O–H groups in total. The fourth-order valence-corrected chi connectivity index (χ4v) is 4.86. The molecule has 2 aromatic rings. The lowest BCUT2D eigenvalue weighted by atomic mass is 9.72. The van der Waals surface area contributed by atoms with Crippen LogP contribution in [0.2, 0.25) is 0 Å². The Hall–Kier alpha value is -1.69. The first-order chi connectivity index (χ1) is 11.8. The number of carbonyl (C=O) groups is 1. The highest BCUT2D eigenvalue weighted by atomic mass is 32.1. The normalized spacial score (nSPS) is 17.5. The van der Waals surface area contributed by atoms with Gasteiger partial charge in [0.05, 0.1) is 11.7 Å². The van der Waals surface area contributed by atoms with Crippen molar-refractivity contribution in [1.29, 1.82) is 0 Å². The first-order valence-electron chi connectivity index (χ1n) is 9.07. The molecule has 1 unspecified atom stereocenters. The van der Waals surface area contributed by atoms with Gasteiger partial charge in [0, 0.05) is 24.4 Å². The molecule has 5 nitrogen and oxygen atoms in total. The predicted octanol–water partition coefficient (Wildman–Crippen LogP) is 3.14. The number of aryl methyl sites for hydroxylation is 2. The van der Waals surface area contributed by atoms with Gasteiger partial charge in [-0.25, -0.2) is 4.98 Å². The van der Waals surface area contributed by atoms with Gasteiger partial charge in [-0.3, -0.25) is 14.2 Å². The Kier molecular flexibility index (Phi) is 5.00. The Bertz CT molecular complexity index is 845. The Balaban J connectivity index is 1.90. The fourth-order valence-electron chi connectivity index (χ4n) is 3.61. The number of nitrogens with one attached hydrogen (secondary N) is 1. The molecule has 0 saturated carbocycles. The third kappa shape index (κ3) is 3.64. The zero-order valence-corrected chi connectivity index (χ0v) is 16.3. The highest BCUT2D eigenvalue weighted by Crippen LogP contribution is 2.41. The number of amides is 1. The largest absolute Gasteiger partial charge is 0.356 e. The van der Waals surface area contributed by atoms with E-state index in [9.17, 15) is 9.59 Å². The van der Waals surface area contributed by atoms with E-state index in [-0.39, 0.29) is 16.9 Å². The highest BCUT2D eigenvalue weighted by molar-refractivity contribution is 7.18. The zero-order chi connectivity index (χ0) is 18.2. The first kappa shape index (κ1) is 18.1. The third-order valence-corrected chi connectivity index (χ3v) is 6.38. The molecule has 136 valence electrons. The van der Waals surface area contributed by atoms with Crippen molar-refractivity contribution in [2.45, 2.75) is 59.9 Å². The summed E-state index contributed by atoms with van der Waals surface area (Å²) in [6.07, 6.45) is 5.01. The van der Waals surface area contributed by atoms with Crippen LogP contribution in [0.5, 0.6) is 0 Å². The van der Waals surface area contributed by atoms with Crippen molar-refractivity contribution >= 4 is 27.5 Å². The van der Waals surface area contributed by atoms with Crippen LogP contribution < -0.4 is 10.9 Å². The number of carbonyl (C=O) groups excluding carboxylic acids is 1. The van der Waals surface area contributed by atoms with Crippen molar-refractivity contribution in [2.75, 3.05) is 6.54 Å². The van der Waals surface area contributed by atoms with Crippen molar-refractivity contribution in [3.05, 3.63) is 27.1 Å². The molecule has 25 heavy (non-hydrogen) atoms. The second-order valence-electron chi connectivity index (χ2n) is 7.94. The second kappa shape index (κ2) is 6.90. The van der Waals surface area contributed by atoms with Gasteiger partial charge in [0.2, 0.25) is 5.91 Å². The van der Waals surface area contributed by atoms with E-state index >= 15 is 0 Å². The van der Waals surface area contributed by atoms with Crippen molar-refractivity contribution in [3.8, 4) is 0 Å². The van der Waals surface area contributed by atoms with Gasteiger partial charge in [-0.15, -0.1) is 11.3 Å². The van der Waals surface area contributed by atoms with Crippen molar-refractivity contribution in [3.63, 3.8) is 0 Å². The van der Waals surface area contributed by atoms with E-state index < -0.39 is 0 Å². The molecule has 0 fully saturated rings. The number of fused-ring (bicyclic) bond motifs is 3. The van der Waals surface area contributed by atoms with Crippen LogP contribution in [0.15, 0.2) is 11.1 Å². The summed E-state index contributed by atoms with van der Waals surface area (Å²) >= 11 is 1.67. The zero-order valence-electron chi connectivity index (χ0n) is 15.5. The standard InChI is InChI=1S/C19H27N3O2S/c1-5-20-15(23)8-9-22-11-21-17-16(18(22)24)13-7-6-12(19(2,3)4)10-14(13)25-17/h11-12H,5-10H2,1-4H3,(H,20,23). The van der Waals surface area contributed by atoms with E-state index in [0.29, 0.717) is 25.4 Å². The van der Waals surface area contributed by atoms with Crippen LogP contribution in [0.3, 0.4) is 0 Å². The fraction of sp³-hybridized carbons (Fsp3) is 0.632. The average Bonchev–Trinajstić information content (AvgIpc) is 2.92. The van der Waals surface area contributed by atoms with Gasteiger partial charge >= 0.3 is 0 Å². The number of thiophene rings is 1. The molecule has 0 spiro atoms. The first-order valence-corrected chi connectivity index (χ1v) is 9.89. The molecule has 1 aliphatic rings. The highest BCUT2D eigenvalue weighted by Gasteiger charge is 2.31. The molecule has 0 aliphatic heterocycles. The van der Waals surface area contributed by atoms with Crippen molar-refractivity contribution in [2.24, 2.45) is 11.3 Å². The topological polar surface area (TPSA) is 64.0 Å². The van der Waals surface area contributed by atoms with Crippen LogP contribution in [0.4, 0.5) is 0 Å². The summed E-state index contributed by atoms with van der Waals surface area (Å²) in [6.45, 7) is 9.76. The number of aromatic nitrogens is 2. The van der Waals surface area contributed by atoms with E-state index in [4.69, 9.17) is 0 Å². The minimum atomic E-state index is -0.0325. The predicted molar refractivity (Wildman–Crippen MR) is 102 cm³/mol. The van der Waals surface area contributed by atoms with Crippen molar-refractivity contribution in [1.82, 2.24) is 14.9 Å². The maximum atomic E-state index is 12.9. The number of rotatable bonds is 4. The lowest BCUT2D eigenvalue weighted by molar-refractivity contribution is -0.121. The minimum absolute atomic E-state index is 0.000933. The molecule has 1 aliphatic carbocycles. The molecule has 2 aromatic heterocycles. The van der Waals surface area contributed by atoms with Gasteiger partial charge in [0.1, 0.15) is 4.83 Å². The minimum Gasteiger partial charge on any atom is -0.356 e. The lowest BCUT2D eigenvalue weighted by Gasteiger charge is -2.33. The van der Waals surface area contributed by atoms with Gasteiger partial charge in [0.15, 0.2) is 0 Å². The maximum Gasteiger partial charge on any atom is 0.262 e. The molecule has 0 aromatic carbocycles. The summed E-state index contributed by atoms with van der Waals surface area (Å²) in [4.78, 5) is 31.2. The summed E-state index contributed by atoms with van der Waals surface area (Å²) in [5.74, 6) is 0.614. The molecule has 2 heterocycles. The summed E-state index contributed by atoms with van der Waals surface area (Å²) in [5, 5.41) is 3.55. The lowest BCUT2D eigenvalue weighted by Crippen LogP contribution is -2.28. The Morgan fingerprint density at radius 2 is 2.20 bits per heavy atom. The third-order valence-electron chi connectivity index (χ3n) is 5.21. The molecule has 6 heteroatoms. The Labute approximate surface area is 152 Å². The molecular formula is C19H27N3O2S. The molecule has 0 bridgehead atoms. The molecule has 1 atom stereocenters. The summed E-state index contributed by atoms with van der Waals surface area (Å²) in [5.41, 5.74) is 1.49. The Morgan fingerprint density at radius 3 is 2.88 bits per heavy atom. The summed E-state index contributed by atoms with van der Waals surface area (Å²) in [7, 11) is 0. The smallest absolute Gasteiger partial charge is 0.262 e. The maximum absolute atomic E-state index is 12.9. The van der Waals surface area contributed by atoms with Crippen LogP contribution in [-0.4, -0.2) is 22.0 Å². The average molecular weight is 362 g/mol. The van der Waals surface area contributed by atoms with E-state index in [1.165, 1.54) is 10.4 Å². The van der Waals surface area contributed by atoms with Gasteiger partial charge < -0.3 is 5.32 Å². The molecular weight excluding hydrogens is 334 g/mol. The summed E-state index contributed by atoms with van der Waals surface area (Å²) < 4.78 is 1.58.